The smallest absolute Gasteiger partial charge is 0.0541 e. The molecule has 0 fully saturated rings. The molecule has 0 saturated heterocycles. The lowest BCUT2D eigenvalue weighted by molar-refractivity contribution is 0.478. The summed E-state index contributed by atoms with van der Waals surface area (Å²) in [6.07, 6.45) is 23.3. The quantitative estimate of drug-likeness (QED) is 0.154. The molecule has 0 spiro atoms. The molecule has 2 aromatic heterocycles. The number of benzene rings is 8. The normalized spacial score (nSPS) is 17.5. The van der Waals surface area contributed by atoms with Crippen LogP contribution >= 0.6 is 0 Å². The van der Waals surface area contributed by atoms with E-state index in [1.54, 1.807) is 0 Å². The molecular weight excluding hydrogens is 749 g/mol. The second-order valence-electron chi connectivity index (χ2n) is 17.8. The van der Waals surface area contributed by atoms with E-state index < -0.39 is 0 Å². The van der Waals surface area contributed by atoms with Gasteiger partial charge in [0.05, 0.1) is 16.6 Å². The molecule has 0 amide bonds. The highest BCUT2D eigenvalue weighted by Gasteiger charge is 2.24. The van der Waals surface area contributed by atoms with E-state index in [0.717, 1.165) is 25.7 Å². The summed E-state index contributed by atoms with van der Waals surface area (Å²) in [5.74, 6) is 1.17. The van der Waals surface area contributed by atoms with E-state index in [-0.39, 0.29) is 0 Å². The minimum Gasteiger partial charge on any atom is -0.313 e. The van der Waals surface area contributed by atoms with Crippen molar-refractivity contribution in [2.24, 2.45) is 11.8 Å². The van der Waals surface area contributed by atoms with Gasteiger partial charge in [0, 0.05) is 33.2 Å². The summed E-state index contributed by atoms with van der Waals surface area (Å²) < 4.78 is 5.05. The fourth-order valence-electron chi connectivity index (χ4n) is 11.4. The zero-order valence-electron chi connectivity index (χ0n) is 34.8. The van der Waals surface area contributed by atoms with Gasteiger partial charge in [-0.1, -0.05) is 140 Å². The van der Waals surface area contributed by atoms with Crippen LogP contribution in [0.4, 0.5) is 0 Å². The molecule has 0 radical (unpaired) electrons. The minimum absolute atomic E-state index is 0.573. The highest BCUT2D eigenvalue weighted by Crippen LogP contribution is 2.42. The Labute approximate surface area is 362 Å². The van der Waals surface area contributed by atoms with Gasteiger partial charge in [-0.2, -0.15) is 0 Å². The molecule has 2 unspecified atom stereocenters. The van der Waals surface area contributed by atoms with Gasteiger partial charge in [0.1, 0.15) is 0 Å². The third-order valence-electron chi connectivity index (χ3n) is 14.4. The maximum atomic E-state index is 2.58. The molecule has 2 nitrogen and oxygen atoms in total. The average molecular weight is 795 g/mol. The molecule has 62 heavy (non-hydrogen) atoms. The van der Waals surface area contributed by atoms with E-state index in [0.29, 0.717) is 11.8 Å². The molecule has 0 bridgehead atoms. The van der Waals surface area contributed by atoms with Crippen molar-refractivity contribution < 1.29 is 0 Å². The predicted molar refractivity (Wildman–Crippen MR) is 264 cm³/mol. The number of aromatic nitrogens is 2. The van der Waals surface area contributed by atoms with Crippen LogP contribution in [0.15, 0.2) is 194 Å². The monoisotopic (exact) mass is 794 g/mol. The molecule has 0 saturated carbocycles. The van der Waals surface area contributed by atoms with Crippen LogP contribution in [0.25, 0.3) is 93.1 Å². The lowest BCUT2D eigenvalue weighted by Crippen LogP contribution is -2.12. The van der Waals surface area contributed by atoms with Gasteiger partial charge < -0.3 is 9.13 Å². The van der Waals surface area contributed by atoms with Crippen LogP contribution in [0.2, 0.25) is 0 Å². The van der Waals surface area contributed by atoms with Crippen molar-refractivity contribution in [3.63, 3.8) is 0 Å². The number of allylic oxidation sites excluding steroid dienone is 8. The Morgan fingerprint density at radius 2 is 1.05 bits per heavy atom. The third-order valence-corrected chi connectivity index (χ3v) is 14.4. The highest BCUT2D eigenvalue weighted by molar-refractivity contribution is 6.25. The van der Waals surface area contributed by atoms with Gasteiger partial charge in [0.15, 0.2) is 0 Å². The van der Waals surface area contributed by atoms with E-state index >= 15 is 0 Å². The van der Waals surface area contributed by atoms with Crippen molar-refractivity contribution in [2.45, 2.75) is 38.5 Å². The standard InChI is InChI=1S/C60H46N2/c1-2-13-39(14-3-1)40-25-27-41(28-26-40)42-15-12-16-45(35-42)61-57-23-10-8-21-52(57)55-36-43(29-33-59(55)61)44-30-34-60-56(37-44)53-22-9-11-24-58(53)62(60)46-31-32-51-49-19-5-4-17-47(49)48-18-6-7-20-50(48)54(51)38-46/h1-7,9,11-13,15-20,22,24-25,27-40H,8,10,14,21,23,26H2. The van der Waals surface area contributed by atoms with Crippen LogP contribution < -0.4 is 0 Å². The number of hydrogen-bond donors (Lipinski definition) is 0. The molecule has 8 aromatic carbocycles. The van der Waals surface area contributed by atoms with Crippen LogP contribution in [0.3, 0.4) is 0 Å². The topological polar surface area (TPSA) is 9.86 Å². The molecule has 2 heterocycles. The first-order chi connectivity index (χ1) is 30.7. The lowest BCUT2D eigenvalue weighted by Gasteiger charge is -2.24. The summed E-state index contributed by atoms with van der Waals surface area (Å²) in [6.45, 7) is 0. The van der Waals surface area contributed by atoms with Crippen LogP contribution in [0.5, 0.6) is 0 Å². The molecule has 0 aliphatic heterocycles. The summed E-state index contributed by atoms with van der Waals surface area (Å²) in [5.41, 5.74) is 14.4. The predicted octanol–water partition coefficient (Wildman–Crippen LogP) is 15.8. The van der Waals surface area contributed by atoms with Crippen molar-refractivity contribution in [1.82, 2.24) is 9.13 Å². The van der Waals surface area contributed by atoms with Gasteiger partial charge in [0.25, 0.3) is 0 Å². The molecule has 10 aromatic rings. The fraction of sp³-hybridized carbons (Fsp3) is 0.133. The molecular formula is C60H46N2. The molecule has 13 rings (SSSR count). The van der Waals surface area contributed by atoms with E-state index in [9.17, 15) is 0 Å². The van der Waals surface area contributed by atoms with Crippen molar-refractivity contribution >= 4 is 70.6 Å². The first-order valence-corrected chi connectivity index (χ1v) is 22.6. The van der Waals surface area contributed by atoms with E-state index in [2.05, 4.69) is 203 Å². The van der Waals surface area contributed by atoms with E-state index in [1.807, 2.05) is 0 Å². The Balaban J connectivity index is 0.902. The molecule has 3 aliphatic rings. The molecule has 0 N–H and O–H groups in total. The number of rotatable bonds is 5. The van der Waals surface area contributed by atoms with Crippen molar-refractivity contribution in [2.75, 3.05) is 0 Å². The molecule has 296 valence electrons. The second kappa shape index (κ2) is 14.2. The number of nitrogens with zero attached hydrogens (tertiary/aromatic N) is 2. The van der Waals surface area contributed by atoms with Crippen molar-refractivity contribution in [3.05, 3.63) is 211 Å². The molecule has 2 atom stereocenters. The Kier molecular flexibility index (Phi) is 8.16. The summed E-state index contributed by atoms with van der Waals surface area (Å²) in [4.78, 5) is 0. The van der Waals surface area contributed by atoms with Gasteiger partial charge in [0.2, 0.25) is 0 Å². The largest absolute Gasteiger partial charge is 0.313 e. The van der Waals surface area contributed by atoms with Crippen LogP contribution in [0, 0.1) is 11.8 Å². The van der Waals surface area contributed by atoms with Gasteiger partial charge in [-0.25, -0.2) is 0 Å². The third kappa shape index (κ3) is 5.56. The van der Waals surface area contributed by atoms with Gasteiger partial charge in [-0.15, -0.1) is 0 Å². The minimum atomic E-state index is 0.573. The SMILES string of the molecule is C1=CCC(C2C=CC(c3cccc(-n4c5c(c6cc(-c7ccc8c(c7)c7ccccc7n8-c7ccc8c9ccccc9c9ccccc9c8c7)ccc64)CCCC5)c3)=CC2)C=C1. The summed E-state index contributed by atoms with van der Waals surface area (Å²) >= 11 is 0. The lowest BCUT2D eigenvalue weighted by atomic mass is 9.81. The summed E-state index contributed by atoms with van der Waals surface area (Å²) in [5, 5.41) is 11.7. The van der Waals surface area contributed by atoms with Crippen LogP contribution in [-0.2, 0) is 12.8 Å². The Bertz CT molecular complexity index is 3560. The summed E-state index contributed by atoms with van der Waals surface area (Å²) in [7, 11) is 0. The maximum Gasteiger partial charge on any atom is 0.0541 e. The van der Waals surface area contributed by atoms with E-state index in [1.165, 1.54) is 123 Å². The number of para-hydroxylation sites is 1. The molecule has 3 aliphatic carbocycles. The summed E-state index contributed by atoms with van der Waals surface area (Å²) in [6, 6.07) is 57.3. The Morgan fingerprint density at radius 1 is 0.403 bits per heavy atom. The zero-order chi connectivity index (χ0) is 40.7. The average Bonchev–Trinajstić information content (AvgIpc) is 3.86. The molecule has 2 heteroatoms. The van der Waals surface area contributed by atoms with Crippen LogP contribution in [0.1, 0.15) is 42.5 Å². The maximum absolute atomic E-state index is 2.58. The zero-order valence-corrected chi connectivity index (χ0v) is 34.8. The number of aryl methyl sites for hydroxylation is 1. The van der Waals surface area contributed by atoms with Crippen molar-refractivity contribution in [1.29, 1.82) is 0 Å². The Hall–Kier alpha value is -7.16. The van der Waals surface area contributed by atoms with Gasteiger partial charge >= 0.3 is 0 Å². The number of hydrogen-bond acceptors (Lipinski definition) is 0. The van der Waals surface area contributed by atoms with E-state index in [4.69, 9.17) is 0 Å². The first-order valence-electron chi connectivity index (χ1n) is 22.6. The van der Waals surface area contributed by atoms with Crippen molar-refractivity contribution in [3.8, 4) is 22.5 Å². The van der Waals surface area contributed by atoms with Crippen LogP contribution in [-0.4, -0.2) is 9.13 Å². The fourth-order valence-corrected chi connectivity index (χ4v) is 11.4. The van der Waals surface area contributed by atoms with Gasteiger partial charge in [-0.05, 0) is 165 Å². The number of fused-ring (bicyclic) bond motifs is 12. The highest BCUT2D eigenvalue weighted by atomic mass is 15.0. The first kappa shape index (κ1) is 35.6. The Morgan fingerprint density at radius 3 is 1.79 bits per heavy atom. The second-order valence-corrected chi connectivity index (χ2v) is 17.8. The van der Waals surface area contributed by atoms with Gasteiger partial charge in [-0.3, -0.25) is 0 Å².